The molecule has 7 heteroatoms. The summed E-state index contributed by atoms with van der Waals surface area (Å²) in [6.45, 7) is 8.58. The highest BCUT2D eigenvalue weighted by Crippen LogP contribution is 2.33. The number of aliphatic imine (C=N–C) groups is 1. The van der Waals surface area contributed by atoms with Gasteiger partial charge in [0.1, 0.15) is 35.3 Å². The lowest BCUT2D eigenvalue weighted by Gasteiger charge is -2.21. The Labute approximate surface area is 220 Å². The van der Waals surface area contributed by atoms with E-state index in [9.17, 15) is 9.90 Å². The van der Waals surface area contributed by atoms with E-state index in [2.05, 4.69) is 57.3 Å². The van der Waals surface area contributed by atoms with Gasteiger partial charge in [-0.3, -0.25) is 4.99 Å². The van der Waals surface area contributed by atoms with Crippen molar-refractivity contribution in [3.63, 3.8) is 0 Å². The van der Waals surface area contributed by atoms with Crippen LogP contribution in [0.25, 0.3) is 0 Å². The molecular weight excluding hydrogens is 468 g/mol. The zero-order valence-corrected chi connectivity index (χ0v) is 22.9. The zero-order valence-electron chi connectivity index (χ0n) is 22.9. The fourth-order valence-electron chi connectivity index (χ4n) is 4.25. The van der Waals surface area contributed by atoms with E-state index in [0.29, 0.717) is 17.2 Å². The molecule has 1 aliphatic rings. The quantitative estimate of drug-likeness (QED) is 0.149. The highest BCUT2D eigenvalue weighted by molar-refractivity contribution is 6.25. The Kier molecular flexibility index (Phi) is 9.61. The van der Waals surface area contributed by atoms with Gasteiger partial charge >= 0.3 is 5.97 Å². The van der Waals surface area contributed by atoms with E-state index in [-0.39, 0.29) is 35.2 Å². The number of hydrogen-bond acceptors (Lipinski definition) is 6. The Balaban J connectivity index is 2.06. The van der Waals surface area contributed by atoms with Crippen molar-refractivity contribution >= 4 is 17.5 Å². The van der Waals surface area contributed by atoms with Crippen molar-refractivity contribution in [2.24, 2.45) is 4.99 Å². The molecule has 200 valence electrons. The molecule has 0 saturated heterocycles. The standard InChI is InChI=1S/C30H40N2O5/c1-7-8-9-10-11-23(20-12-14-21(15-13-20)30(2,3)4)31-28(27-25(33)19-37-29(27)34)32-24-17-16-22(35-5)18-26(24)36-6/h12-18,23,33H,7-11,19H2,1-6H3,(H,31,32). The number of rotatable bonds is 11. The van der Waals surface area contributed by atoms with Gasteiger partial charge in [-0.15, -0.1) is 0 Å². The molecule has 0 spiro atoms. The molecule has 0 radical (unpaired) electrons. The van der Waals surface area contributed by atoms with E-state index < -0.39 is 5.97 Å². The molecule has 2 N–H and O–H groups in total. The first kappa shape index (κ1) is 28.1. The van der Waals surface area contributed by atoms with Crippen molar-refractivity contribution in [2.75, 3.05) is 26.1 Å². The number of ether oxygens (including phenoxy) is 3. The van der Waals surface area contributed by atoms with Gasteiger partial charge in [0.25, 0.3) is 0 Å². The van der Waals surface area contributed by atoms with Gasteiger partial charge in [0, 0.05) is 6.07 Å². The predicted molar refractivity (Wildman–Crippen MR) is 148 cm³/mol. The van der Waals surface area contributed by atoms with Gasteiger partial charge in [-0.1, -0.05) is 77.6 Å². The predicted octanol–water partition coefficient (Wildman–Crippen LogP) is 6.89. The van der Waals surface area contributed by atoms with Crippen LogP contribution in [0.1, 0.15) is 77.0 Å². The van der Waals surface area contributed by atoms with E-state index in [1.165, 1.54) is 5.56 Å². The minimum Gasteiger partial charge on any atom is -0.508 e. The third kappa shape index (κ3) is 7.28. The molecular formula is C30H40N2O5. The number of nitrogens with zero attached hydrogens (tertiary/aromatic N) is 1. The van der Waals surface area contributed by atoms with Crippen molar-refractivity contribution in [1.29, 1.82) is 0 Å². The van der Waals surface area contributed by atoms with Gasteiger partial charge in [0.05, 0.1) is 25.9 Å². The normalized spacial score (nSPS) is 15.0. The molecule has 1 unspecified atom stereocenters. The van der Waals surface area contributed by atoms with Gasteiger partial charge in [-0.25, -0.2) is 4.79 Å². The van der Waals surface area contributed by atoms with Crippen LogP contribution in [0.2, 0.25) is 0 Å². The smallest absolute Gasteiger partial charge is 0.345 e. The van der Waals surface area contributed by atoms with Gasteiger partial charge in [0.15, 0.2) is 0 Å². The molecule has 0 amide bonds. The van der Waals surface area contributed by atoms with E-state index in [1.807, 2.05) is 0 Å². The first-order chi connectivity index (χ1) is 17.7. The fourth-order valence-corrected chi connectivity index (χ4v) is 4.25. The number of nitrogens with one attached hydrogen (secondary N) is 1. The molecule has 0 saturated carbocycles. The largest absolute Gasteiger partial charge is 0.508 e. The Morgan fingerprint density at radius 2 is 1.81 bits per heavy atom. The molecule has 3 rings (SSSR count). The number of carbonyl (C=O) groups excluding carboxylic acids is 1. The molecule has 0 bridgehead atoms. The number of carbonyl (C=O) groups is 1. The van der Waals surface area contributed by atoms with E-state index >= 15 is 0 Å². The Bertz CT molecular complexity index is 1130. The third-order valence-electron chi connectivity index (χ3n) is 6.51. The minimum atomic E-state index is -0.607. The van der Waals surface area contributed by atoms with Gasteiger partial charge in [0.2, 0.25) is 0 Å². The lowest BCUT2D eigenvalue weighted by atomic mass is 9.86. The third-order valence-corrected chi connectivity index (χ3v) is 6.51. The maximum Gasteiger partial charge on any atom is 0.345 e. The van der Waals surface area contributed by atoms with Crippen LogP contribution in [0.5, 0.6) is 11.5 Å². The van der Waals surface area contributed by atoms with Crippen molar-refractivity contribution in [3.05, 3.63) is 64.9 Å². The number of methoxy groups -OCH3 is 2. The minimum absolute atomic E-state index is 0.0419. The van der Waals surface area contributed by atoms with Crippen molar-refractivity contribution in [2.45, 2.75) is 71.3 Å². The summed E-state index contributed by atoms with van der Waals surface area (Å²) in [5.74, 6) is 0.660. The Hall–Kier alpha value is -3.48. The molecule has 0 fully saturated rings. The Morgan fingerprint density at radius 3 is 2.38 bits per heavy atom. The maximum atomic E-state index is 12.6. The van der Waals surface area contributed by atoms with Crippen molar-refractivity contribution in [3.8, 4) is 11.5 Å². The molecule has 7 nitrogen and oxygen atoms in total. The summed E-state index contributed by atoms with van der Waals surface area (Å²) in [5, 5.41) is 13.8. The monoisotopic (exact) mass is 508 g/mol. The molecule has 1 atom stereocenters. The highest BCUT2D eigenvalue weighted by atomic mass is 16.5. The Morgan fingerprint density at radius 1 is 1.08 bits per heavy atom. The second kappa shape index (κ2) is 12.7. The first-order valence-electron chi connectivity index (χ1n) is 12.9. The number of anilines is 1. The van der Waals surface area contributed by atoms with Crippen molar-refractivity contribution < 1.29 is 24.1 Å². The number of amidine groups is 1. The van der Waals surface area contributed by atoms with Gasteiger partial charge < -0.3 is 24.6 Å². The van der Waals surface area contributed by atoms with Crippen LogP contribution in [0.4, 0.5) is 5.69 Å². The van der Waals surface area contributed by atoms with E-state index in [1.54, 1.807) is 32.4 Å². The first-order valence-corrected chi connectivity index (χ1v) is 12.9. The SMILES string of the molecule is CCCCCCC(N=C(Nc1ccc(OC)cc1OC)C1=C(O)COC1=O)c1ccc(C(C)(C)C)cc1. The number of unbranched alkanes of at least 4 members (excludes halogenated alkanes) is 3. The number of benzene rings is 2. The second-order valence-corrected chi connectivity index (χ2v) is 10.3. The summed E-state index contributed by atoms with van der Waals surface area (Å²) in [4.78, 5) is 17.7. The van der Waals surface area contributed by atoms with Crippen LogP contribution in [0, 0.1) is 0 Å². The average Bonchev–Trinajstić information content (AvgIpc) is 3.22. The van der Waals surface area contributed by atoms with Gasteiger partial charge in [-0.05, 0) is 35.1 Å². The summed E-state index contributed by atoms with van der Waals surface area (Å²) < 4.78 is 16.0. The zero-order chi connectivity index (χ0) is 27.0. The fraction of sp³-hybridized carbons (Fsp3) is 0.467. The van der Waals surface area contributed by atoms with Gasteiger partial charge in [-0.2, -0.15) is 0 Å². The summed E-state index contributed by atoms with van der Waals surface area (Å²) in [6.07, 6.45) is 5.21. The summed E-state index contributed by atoms with van der Waals surface area (Å²) >= 11 is 0. The molecule has 0 aromatic heterocycles. The number of aliphatic hydroxyl groups excluding tert-OH is 1. The molecule has 37 heavy (non-hydrogen) atoms. The van der Waals surface area contributed by atoms with Crippen molar-refractivity contribution in [1.82, 2.24) is 0 Å². The second-order valence-electron chi connectivity index (χ2n) is 10.3. The lowest BCUT2D eigenvalue weighted by molar-refractivity contribution is -0.135. The van der Waals surface area contributed by atoms with Crippen LogP contribution < -0.4 is 14.8 Å². The van der Waals surface area contributed by atoms with Crippen LogP contribution >= 0.6 is 0 Å². The van der Waals surface area contributed by atoms with Crippen LogP contribution in [0.3, 0.4) is 0 Å². The molecule has 1 heterocycles. The molecule has 2 aromatic rings. The number of cyclic esters (lactones) is 1. The molecule has 0 aliphatic carbocycles. The highest BCUT2D eigenvalue weighted by Gasteiger charge is 2.31. The van der Waals surface area contributed by atoms with E-state index in [4.69, 9.17) is 19.2 Å². The molecule has 2 aromatic carbocycles. The van der Waals surface area contributed by atoms with E-state index in [0.717, 1.165) is 37.7 Å². The summed E-state index contributed by atoms with van der Waals surface area (Å²) in [7, 11) is 3.14. The average molecular weight is 509 g/mol. The van der Waals surface area contributed by atoms with Crippen LogP contribution in [0.15, 0.2) is 58.8 Å². The maximum absolute atomic E-state index is 12.6. The topological polar surface area (TPSA) is 89.4 Å². The van der Waals surface area contributed by atoms with Crippen LogP contribution in [-0.2, 0) is 14.9 Å². The lowest BCUT2D eigenvalue weighted by Crippen LogP contribution is -2.22. The number of esters is 1. The molecule has 1 aliphatic heterocycles. The summed E-state index contributed by atoms with van der Waals surface area (Å²) in [6, 6.07) is 13.6. The number of hydrogen-bond donors (Lipinski definition) is 2. The van der Waals surface area contributed by atoms with Crippen LogP contribution in [-0.4, -0.2) is 37.7 Å². The number of aliphatic hydroxyl groups is 1. The summed E-state index contributed by atoms with van der Waals surface area (Å²) in [5.41, 5.74) is 2.97.